The van der Waals surface area contributed by atoms with E-state index in [1.165, 1.54) is 65.9 Å². The molecule has 0 bridgehead atoms. The monoisotopic (exact) mass is 1000 g/mol. The van der Waals surface area contributed by atoms with Crippen LogP contribution in [0.4, 0.5) is 0 Å². The first-order chi connectivity index (χ1) is 36.8. The Morgan fingerprint density at radius 1 is 0.289 bits per heavy atom. The summed E-state index contributed by atoms with van der Waals surface area (Å²) in [5.41, 5.74) is 20.9. The lowest BCUT2D eigenvalue weighted by atomic mass is 9.98. The van der Waals surface area contributed by atoms with E-state index in [0.29, 0.717) is 23.7 Å². The third-order valence-electron chi connectivity index (χ3n) is 17.2. The van der Waals surface area contributed by atoms with Gasteiger partial charge in [-0.3, -0.25) is 4.21 Å². The first-order valence-corrected chi connectivity index (χ1v) is 29.3. The van der Waals surface area contributed by atoms with Crippen LogP contribution in [-0.4, -0.2) is 13.3 Å². The van der Waals surface area contributed by atoms with Crippen molar-refractivity contribution in [1.29, 1.82) is 0 Å². The summed E-state index contributed by atoms with van der Waals surface area (Å²) in [5, 5.41) is 5.11. The fourth-order valence-electron chi connectivity index (χ4n) is 13.2. The minimum absolute atomic E-state index is 0.417. The van der Waals surface area contributed by atoms with Crippen molar-refractivity contribution in [3.05, 3.63) is 229 Å². The van der Waals surface area contributed by atoms with Gasteiger partial charge in [-0.05, 0) is 176 Å². The number of benzene rings is 10. The van der Waals surface area contributed by atoms with E-state index in [1.54, 1.807) is 0 Å². The molecule has 14 rings (SSSR count). The van der Waals surface area contributed by atoms with Gasteiger partial charge in [0.2, 0.25) is 0 Å². The maximum absolute atomic E-state index is 18.0. The van der Waals surface area contributed by atoms with E-state index in [-0.39, 0.29) is 0 Å². The number of para-hydroxylation sites is 2. The summed E-state index contributed by atoms with van der Waals surface area (Å²) in [6, 6.07) is 76.3. The Hall–Kier alpha value is -8.05. The third kappa shape index (κ3) is 6.31. The van der Waals surface area contributed by atoms with Gasteiger partial charge in [-0.1, -0.05) is 165 Å². The summed E-state index contributed by atoms with van der Waals surface area (Å²) in [6.45, 7) is 18.2. The van der Waals surface area contributed by atoms with E-state index in [2.05, 4.69) is 271 Å². The van der Waals surface area contributed by atoms with Crippen molar-refractivity contribution in [2.24, 2.45) is 0 Å². The van der Waals surface area contributed by atoms with Gasteiger partial charge in [0.15, 0.2) is 0 Å². The molecule has 12 aromatic rings. The molecule has 76 heavy (non-hydrogen) atoms. The zero-order chi connectivity index (χ0) is 52.0. The van der Waals surface area contributed by atoms with Crippen molar-refractivity contribution < 1.29 is 4.21 Å². The second kappa shape index (κ2) is 16.7. The number of aromatic nitrogens is 2. The molecule has 0 aliphatic carbocycles. The average molecular weight is 1000 g/mol. The highest BCUT2D eigenvalue weighted by atomic mass is 32.3. The van der Waals surface area contributed by atoms with Gasteiger partial charge < -0.3 is 9.13 Å². The molecule has 0 atom stereocenters. The van der Waals surface area contributed by atoms with E-state index in [1.807, 2.05) is 0 Å². The molecule has 0 amide bonds. The van der Waals surface area contributed by atoms with Crippen LogP contribution in [0.5, 0.6) is 0 Å². The van der Waals surface area contributed by atoms with Gasteiger partial charge in [-0.15, -0.1) is 0 Å². The Kier molecular flexibility index (Phi) is 10.2. The Morgan fingerprint density at radius 3 is 0.908 bits per heavy atom. The number of hydrogen-bond acceptors (Lipinski definition) is 1. The molecule has 2 aliphatic heterocycles. The smallest absolute Gasteiger partial charge is 0.0541 e. The van der Waals surface area contributed by atoms with Crippen molar-refractivity contribution in [1.82, 2.24) is 9.13 Å². The van der Waals surface area contributed by atoms with Crippen LogP contribution in [0, 0.1) is 0 Å². The quantitative estimate of drug-likeness (QED) is 0.149. The second-order valence-electron chi connectivity index (χ2n) is 22.8. The van der Waals surface area contributed by atoms with E-state index in [9.17, 15) is 0 Å². The maximum Gasteiger partial charge on any atom is 0.0541 e. The molecule has 372 valence electrons. The molecule has 1 spiro atoms. The molecular formula is C72H62N2OS. The molecule has 0 unspecified atom stereocenters. The highest BCUT2D eigenvalue weighted by molar-refractivity contribution is 8.21. The molecular weight excluding hydrogens is 941 g/mol. The molecule has 4 heterocycles. The van der Waals surface area contributed by atoms with Gasteiger partial charge in [0, 0.05) is 61.3 Å². The largest absolute Gasteiger partial charge is 0.309 e. The predicted octanol–water partition coefficient (Wildman–Crippen LogP) is 20.0. The van der Waals surface area contributed by atoms with Gasteiger partial charge in [0.25, 0.3) is 0 Å². The highest BCUT2D eigenvalue weighted by Crippen LogP contribution is 2.71. The number of fused-ring (bicyclic) bond motifs is 16. The van der Waals surface area contributed by atoms with E-state index in [0.717, 1.165) is 75.5 Å². The van der Waals surface area contributed by atoms with Crippen LogP contribution in [0.3, 0.4) is 0 Å². The first kappa shape index (κ1) is 46.5. The molecule has 0 saturated heterocycles. The summed E-state index contributed by atoms with van der Waals surface area (Å²) in [7, 11) is -4.16. The summed E-state index contributed by atoms with van der Waals surface area (Å²) in [4.78, 5) is 3.53. The van der Waals surface area contributed by atoms with Crippen molar-refractivity contribution in [2.45, 2.75) is 98.6 Å². The molecule has 0 N–H and O–H groups in total. The molecule has 10 aromatic carbocycles. The number of rotatable bonds is 8. The fourth-order valence-corrected chi connectivity index (χ4v) is 18.3. The van der Waals surface area contributed by atoms with Crippen molar-refractivity contribution in [2.75, 3.05) is 0 Å². The standard InChI is InChI=1S/C72H62N2OS/c1-43(2)47-25-31-65-57(37-47)58-38-48(44(3)4)26-32-66(58)73(65)63-21-13-9-17-53(63)51-29-35-71-61(41-51)55-19-11-15-23-69(55)76(71,75)70-24-16-12-20-56(70)62-42-52(30-36-72(62)76)54-18-10-14-22-64(54)74-67-33-27-49(45(5)6)39-59(67)60-40-50(46(7)8)28-34-68(60)74/h9-46H,1-8H3. The molecule has 0 saturated carbocycles. The van der Waals surface area contributed by atoms with Crippen LogP contribution >= 0.6 is 0 Å². The van der Waals surface area contributed by atoms with Gasteiger partial charge in [0.1, 0.15) is 0 Å². The minimum Gasteiger partial charge on any atom is -0.309 e. The average Bonchev–Trinajstić information content (AvgIpc) is 4.28. The number of nitrogens with zero attached hydrogens (tertiary/aromatic N) is 2. The van der Waals surface area contributed by atoms with Crippen molar-refractivity contribution in [3.63, 3.8) is 0 Å². The Morgan fingerprint density at radius 2 is 0.579 bits per heavy atom. The predicted molar refractivity (Wildman–Crippen MR) is 321 cm³/mol. The van der Waals surface area contributed by atoms with Gasteiger partial charge in [0.05, 0.1) is 33.4 Å². The normalized spacial score (nSPS) is 14.6. The number of hydrogen-bond donors (Lipinski definition) is 0. The summed E-state index contributed by atoms with van der Waals surface area (Å²) in [5.74, 6) is 1.67. The molecule has 4 heteroatoms. The first-order valence-electron chi connectivity index (χ1n) is 27.3. The van der Waals surface area contributed by atoms with Crippen LogP contribution in [-0.2, 0) is 9.07 Å². The topological polar surface area (TPSA) is 26.9 Å². The molecule has 2 aromatic heterocycles. The van der Waals surface area contributed by atoms with Crippen LogP contribution in [0.2, 0.25) is 0 Å². The highest BCUT2D eigenvalue weighted by Gasteiger charge is 2.57. The van der Waals surface area contributed by atoms with E-state index in [4.69, 9.17) is 0 Å². The van der Waals surface area contributed by atoms with Crippen LogP contribution in [0.15, 0.2) is 226 Å². The SMILES string of the molecule is CC(C)c1ccc2c(c1)c1cc(C(C)C)ccc1n2-c1ccccc1-c1ccc2c(c1)-c1ccccc1S21(=O)c2ccccc2-c2cc(-c3ccccc3-n3c4ccc(C(C)C)cc4c4cc(C(C)C)ccc43)ccc21. The lowest BCUT2D eigenvalue weighted by Gasteiger charge is -2.38. The maximum atomic E-state index is 18.0. The lowest BCUT2D eigenvalue weighted by Crippen LogP contribution is -2.30. The van der Waals surface area contributed by atoms with Crippen LogP contribution in [0.1, 0.15) is 101 Å². The Balaban J connectivity index is 0.955. The second-order valence-corrected chi connectivity index (χ2v) is 26.4. The van der Waals surface area contributed by atoms with E-state index >= 15 is 4.21 Å². The van der Waals surface area contributed by atoms with Crippen LogP contribution < -0.4 is 0 Å². The summed E-state index contributed by atoms with van der Waals surface area (Å²) in [6.07, 6.45) is 0. The molecule has 2 aliphatic rings. The van der Waals surface area contributed by atoms with Crippen molar-refractivity contribution >= 4 is 52.7 Å². The zero-order valence-corrected chi connectivity index (χ0v) is 45.5. The van der Waals surface area contributed by atoms with Gasteiger partial charge in [-0.2, -0.15) is 0 Å². The zero-order valence-electron chi connectivity index (χ0n) is 44.7. The lowest BCUT2D eigenvalue weighted by molar-refractivity contribution is 0.658. The molecule has 0 radical (unpaired) electrons. The van der Waals surface area contributed by atoms with Gasteiger partial charge in [-0.25, -0.2) is 0 Å². The Bertz CT molecular complexity index is 4080. The molecule has 3 nitrogen and oxygen atoms in total. The molecule has 0 fully saturated rings. The van der Waals surface area contributed by atoms with Crippen LogP contribution in [0.25, 0.3) is 99.5 Å². The van der Waals surface area contributed by atoms with Gasteiger partial charge >= 0.3 is 0 Å². The minimum atomic E-state index is -4.16. The summed E-state index contributed by atoms with van der Waals surface area (Å²) < 4.78 is 22.9. The van der Waals surface area contributed by atoms with Crippen molar-refractivity contribution in [3.8, 4) is 55.9 Å². The summed E-state index contributed by atoms with van der Waals surface area (Å²) >= 11 is 0. The fraction of sp³-hybridized carbons (Fsp3) is 0.167. The van der Waals surface area contributed by atoms with E-state index < -0.39 is 9.07 Å². The Labute approximate surface area is 446 Å². The third-order valence-corrected chi connectivity index (χ3v) is 22.0.